The second kappa shape index (κ2) is 9.19. The Morgan fingerprint density at radius 3 is 2.63 bits per heavy atom. The summed E-state index contributed by atoms with van der Waals surface area (Å²) in [4.78, 5) is 28.4. The molecule has 1 aromatic carbocycles. The number of benzene rings is 1. The average Bonchev–Trinajstić information content (AvgIpc) is 3.09. The number of sulfonamides is 1. The van der Waals surface area contributed by atoms with E-state index in [1.807, 2.05) is 0 Å². The summed E-state index contributed by atoms with van der Waals surface area (Å²) in [5.74, 6) is -2.11. The highest BCUT2D eigenvalue weighted by atomic mass is 32.2. The smallest absolute Gasteiger partial charge is 0.350 e. The van der Waals surface area contributed by atoms with Crippen molar-refractivity contribution < 1.29 is 27.1 Å². The third-order valence-corrected chi connectivity index (χ3v) is 7.57. The molecule has 1 N–H and O–H groups in total. The maximum Gasteiger partial charge on any atom is 0.350 e. The van der Waals surface area contributed by atoms with Gasteiger partial charge in [0.1, 0.15) is 15.6 Å². The van der Waals surface area contributed by atoms with Crippen LogP contribution in [0.15, 0.2) is 23.1 Å². The molecule has 2 aromatic rings. The molecule has 1 saturated heterocycles. The Labute approximate surface area is 178 Å². The maximum atomic E-state index is 14.3. The van der Waals surface area contributed by atoms with Crippen LogP contribution in [0.5, 0.6) is 0 Å². The van der Waals surface area contributed by atoms with Crippen LogP contribution < -0.4 is 5.32 Å². The van der Waals surface area contributed by atoms with E-state index in [1.165, 1.54) is 10.4 Å². The van der Waals surface area contributed by atoms with Gasteiger partial charge in [0.05, 0.1) is 12.3 Å². The molecule has 0 bridgehead atoms. The first-order valence-electron chi connectivity index (χ1n) is 9.49. The Hall–Kier alpha value is -2.37. The van der Waals surface area contributed by atoms with E-state index in [0.29, 0.717) is 31.6 Å². The van der Waals surface area contributed by atoms with Gasteiger partial charge in [-0.25, -0.2) is 22.6 Å². The van der Waals surface area contributed by atoms with Crippen molar-refractivity contribution in [3.63, 3.8) is 0 Å². The second-order valence-electron chi connectivity index (χ2n) is 6.72. The summed E-state index contributed by atoms with van der Waals surface area (Å²) >= 11 is 0.948. The Kier molecular flexibility index (Phi) is 6.84. The number of carbonyl (C=O) groups excluding carboxylic acids is 2. The number of ether oxygens (including phenoxy) is 1. The molecule has 2 heterocycles. The van der Waals surface area contributed by atoms with Gasteiger partial charge in [-0.3, -0.25) is 10.1 Å². The molecule has 1 aliphatic rings. The predicted molar refractivity (Wildman–Crippen MR) is 110 cm³/mol. The Balaban J connectivity index is 1.83. The van der Waals surface area contributed by atoms with Gasteiger partial charge in [0.15, 0.2) is 5.13 Å². The molecule has 3 rings (SSSR count). The molecular formula is C19H22FN3O5S2. The number of aryl methyl sites for hydroxylation is 1. The summed E-state index contributed by atoms with van der Waals surface area (Å²) in [6.07, 6.45) is 2.36. The fourth-order valence-corrected chi connectivity index (χ4v) is 5.55. The van der Waals surface area contributed by atoms with Crippen LogP contribution in [0.1, 0.15) is 51.9 Å². The highest BCUT2D eigenvalue weighted by Crippen LogP contribution is 2.26. The lowest BCUT2D eigenvalue weighted by Crippen LogP contribution is -2.36. The summed E-state index contributed by atoms with van der Waals surface area (Å²) in [7, 11) is -4.04. The van der Waals surface area contributed by atoms with Crippen LogP contribution in [0.4, 0.5) is 9.52 Å². The molecule has 0 aliphatic carbocycles. The normalized spacial score (nSPS) is 15.0. The van der Waals surface area contributed by atoms with E-state index < -0.39 is 32.6 Å². The quantitative estimate of drug-likeness (QED) is 0.671. The second-order valence-corrected chi connectivity index (χ2v) is 9.62. The molecule has 0 radical (unpaired) electrons. The largest absolute Gasteiger partial charge is 0.462 e. The van der Waals surface area contributed by atoms with Crippen LogP contribution in [-0.2, 0) is 14.8 Å². The standard InChI is InChI=1S/C19H22FN3O5S2/c1-3-28-18(25)16-12(2)21-19(29-16)22-17(24)13-7-8-14(20)15(11-13)30(26,27)23-9-5-4-6-10-23/h7-8,11H,3-6,9-10H2,1-2H3,(H,21,22,24). The minimum Gasteiger partial charge on any atom is -0.462 e. The third kappa shape index (κ3) is 4.68. The first-order valence-corrected chi connectivity index (χ1v) is 11.7. The van der Waals surface area contributed by atoms with Crippen LogP contribution in [0.25, 0.3) is 0 Å². The van der Waals surface area contributed by atoms with E-state index in [2.05, 4.69) is 10.3 Å². The lowest BCUT2D eigenvalue weighted by atomic mass is 10.2. The molecule has 30 heavy (non-hydrogen) atoms. The third-order valence-electron chi connectivity index (χ3n) is 4.60. The zero-order valence-corrected chi connectivity index (χ0v) is 18.2. The highest BCUT2D eigenvalue weighted by Gasteiger charge is 2.29. The molecule has 1 amide bonds. The van der Waals surface area contributed by atoms with Gasteiger partial charge in [-0.05, 0) is 44.9 Å². The number of carbonyl (C=O) groups is 2. The zero-order chi connectivity index (χ0) is 21.9. The molecule has 0 atom stereocenters. The number of nitrogens with one attached hydrogen (secondary N) is 1. The molecule has 162 valence electrons. The van der Waals surface area contributed by atoms with Crippen LogP contribution in [0.3, 0.4) is 0 Å². The molecule has 0 spiro atoms. The molecular weight excluding hydrogens is 433 g/mol. The van der Waals surface area contributed by atoms with Crippen LogP contribution in [-0.4, -0.2) is 49.3 Å². The van der Waals surface area contributed by atoms with Crippen molar-refractivity contribution in [2.24, 2.45) is 0 Å². The first kappa shape index (κ1) is 22.3. The topological polar surface area (TPSA) is 106 Å². The number of hydrogen-bond donors (Lipinski definition) is 1. The van der Waals surface area contributed by atoms with E-state index in [1.54, 1.807) is 13.8 Å². The summed E-state index contributed by atoms with van der Waals surface area (Å²) < 4.78 is 46.1. The number of esters is 1. The molecule has 1 aliphatic heterocycles. The van der Waals surface area contributed by atoms with Gasteiger partial charge in [0, 0.05) is 18.7 Å². The molecule has 0 unspecified atom stereocenters. The maximum absolute atomic E-state index is 14.3. The number of hydrogen-bond acceptors (Lipinski definition) is 7. The number of amides is 1. The van der Waals surface area contributed by atoms with Crippen LogP contribution >= 0.6 is 11.3 Å². The lowest BCUT2D eigenvalue weighted by Gasteiger charge is -2.26. The van der Waals surface area contributed by atoms with E-state index in [0.717, 1.165) is 29.9 Å². The highest BCUT2D eigenvalue weighted by molar-refractivity contribution is 7.89. The first-order chi connectivity index (χ1) is 14.2. The minimum atomic E-state index is -4.04. The van der Waals surface area contributed by atoms with Crippen molar-refractivity contribution in [2.75, 3.05) is 25.0 Å². The molecule has 1 aromatic heterocycles. The number of rotatable bonds is 6. The van der Waals surface area contributed by atoms with Gasteiger partial charge in [0.2, 0.25) is 10.0 Å². The zero-order valence-electron chi connectivity index (χ0n) is 16.6. The van der Waals surface area contributed by atoms with Crippen LogP contribution in [0.2, 0.25) is 0 Å². The Bertz CT molecular complexity index is 1060. The van der Waals surface area contributed by atoms with Crippen molar-refractivity contribution in [2.45, 2.75) is 38.0 Å². The number of anilines is 1. The van der Waals surface area contributed by atoms with Crippen molar-refractivity contribution in [3.8, 4) is 0 Å². The van der Waals surface area contributed by atoms with Crippen molar-refractivity contribution >= 4 is 38.4 Å². The van der Waals surface area contributed by atoms with E-state index in [9.17, 15) is 22.4 Å². The van der Waals surface area contributed by atoms with Gasteiger partial charge in [-0.2, -0.15) is 4.31 Å². The molecule has 0 saturated carbocycles. The summed E-state index contributed by atoms with van der Waals surface area (Å²) in [6.45, 7) is 4.16. The SMILES string of the molecule is CCOC(=O)c1sc(NC(=O)c2ccc(F)c(S(=O)(=O)N3CCCCC3)c2)nc1C. The van der Waals surface area contributed by atoms with Crippen LogP contribution in [0, 0.1) is 12.7 Å². The van der Waals surface area contributed by atoms with Gasteiger partial charge < -0.3 is 4.74 Å². The molecule has 8 nitrogen and oxygen atoms in total. The fraction of sp³-hybridized carbons (Fsp3) is 0.421. The Morgan fingerprint density at radius 1 is 1.27 bits per heavy atom. The van der Waals surface area contributed by atoms with E-state index in [4.69, 9.17) is 4.74 Å². The number of thiazole rings is 1. The van der Waals surface area contributed by atoms with Crippen molar-refractivity contribution in [1.29, 1.82) is 0 Å². The monoisotopic (exact) mass is 455 g/mol. The number of aromatic nitrogens is 1. The van der Waals surface area contributed by atoms with Gasteiger partial charge in [-0.15, -0.1) is 0 Å². The minimum absolute atomic E-state index is 0.0301. The van der Waals surface area contributed by atoms with Gasteiger partial charge in [0.25, 0.3) is 5.91 Å². The fourth-order valence-electron chi connectivity index (χ4n) is 3.09. The number of piperidine rings is 1. The van der Waals surface area contributed by atoms with Crippen molar-refractivity contribution in [3.05, 3.63) is 40.2 Å². The van der Waals surface area contributed by atoms with Gasteiger partial charge in [-0.1, -0.05) is 17.8 Å². The summed E-state index contributed by atoms with van der Waals surface area (Å²) in [5, 5.41) is 2.68. The molecule has 11 heteroatoms. The van der Waals surface area contributed by atoms with Gasteiger partial charge >= 0.3 is 5.97 Å². The van der Waals surface area contributed by atoms with Crippen molar-refractivity contribution in [1.82, 2.24) is 9.29 Å². The average molecular weight is 456 g/mol. The molecule has 1 fully saturated rings. The van der Waals surface area contributed by atoms with E-state index in [-0.39, 0.29) is 22.2 Å². The summed E-state index contributed by atoms with van der Waals surface area (Å²) in [5.41, 5.74) is 0.374. The Morgan fingerprint density at radius 2 is 1.97 bits per heavy atom. The summed E-state index contributed by atoms with van der Waals surface area (Å²) in [6, 6.07) is 3.19. The number of nitrogens with zero attached hydrogens (tertiary/aromatic N) is 2. The number of halogens is 1. The predicted octanol–water partition coefficient (Wildman–Crippen LogP) is 3.19. The lowest BCUT2D eigenvalue weighted by molar-refractivity contribution is 0.0531. The van der Waals surface area contributed by atoms with E-state index >= 15 is 0 Å².